The van der Waals surface area contributed by atoms with E-state index in [1.807, 2.05) is 0 Å². The number of carbonyl (C=O) groups is 1. The number of ether oxygens (including phenoxy) is 1. The Kier molecular flexibility index (Phi) is 4.77. The van der Waals surface area contributed by atoms with E-state index in [2.05, 4.69) is 49.4 Å². The molecule has 0 spiro atoms. The molecule has 3 rings (SSSR count). The molecule has 2 aromatic rings. The van der Waals surface area contributed by atoms with Crippen LogP contribution in [0.3, 0.4) is 0 Å². The zero-order chi connectivity index (χ0) is 15.4. The van der Waals surface area contributed by atoms with Crippen LogP contribution in [-0.2, 0) is 16.0 Å². The number of rotatable bonds is 7. The standard InChI is InChI=1S/C20H24O2/c1-2-7-19-18(20(21)22-19)11-6-3-8-15-12-13-16-9-4-5-10-17(16)14-15/h4-5,9-10,12-14,18-19H,2-3,6-8,11H2,1H3/t18-,19-/m1/s1. The number of unbranched alkanes of at least 4 members (excludes halogenated alkanes) is 1. The molecule has 2 heteroatoms. The minimum atomic E-state index is 0.0177. The van der Waals surface area contributed by atoms with Crippen molar-refractivity contribution in [3.63, 3.8) is 0 Å². The highest BCUT2D eigenvalue weighted by Gasteiger charge is 2.40. The van der Waals surface area contributed by atoms with Gasteiger partial charge in [-0.3, -0.25) is 4.79 Å². The minimum Gasteiger partial charge on any atom is -0.461 e. The number of hydrogen-bond donors (Lipinski definition) is 0. The van der Waals surface area contributed by atoms with Crippen molar-refractivity contribution in [1.82, 2.24) is 0 Å². The average Bonchev–Trinajstić information content (AvgIpc) is 2.54. The molecule has 0 saturated carbocycles. The molecule has 1 aliphatic heterocycles. The normalized spacial score (nSPS) is 20.7. The molecule has 0 unspecified atom stereocenters. The molecule has 2 atom stereocenters. The third-order valence-corrected chi connectivity index (χ3v) is 4.64. The van der Waals surface area contributed by atoms with E-state index in [1.165, 1.54) is 16.3 Å². The lowest BCUT2D eigenvalue weighted by atomic mass is 9.88. The van der Waals surface area contributed by atoms with Crippen molar-refractivity contribution in [2.24, 2.45) is 5.92 Å². The van der Waals surface area contributed by atoms with Gasteiger partial charge < -0.3 is 4.74 Å². The summed E-state index contributed by atoms with van der Waals surface area (Å²) in [7, 11) is 0. The Hall–Kier alpha value is -1.83. The van der Waals surface area contributed by atoms with Crippen LogP contribution >= 0.6 is 0 Å². The molecular formula is C20H24O2. The van der Waals surface area contributed by atoms with E-state index in [0.29, 0.717) is 0 Å². The number of esters is 1. The van der Waals surface area contributed by atoms with E-state index >= 15 is 0 Å². The summed E-state index contributed by atoms with van der Waals surface area (Å²) < 4.78 is 5.22. The van der Waals surface area contributed by atoms with Crippen molar-refractivity contribution in [3.8, 4) is 0 Å². The van der Waals surface area contributed by atoms with Gasteiger partial charge in [0.05, 0.1) is 5.92 Å². The minimum absolute atomic E-state index is 0.0177. The van der Waals surface area contributed by atoms with E-state index in [4.69, 9.17) is 4.74 Å². The number of cyclic esters (lactones) is 1. The predicted octanol–water partition coefficient (Wildman–Crippen LogP) is 4.89. The second-order valence-corrected chi connectivity index (χ2v) is 6.30. The fourth-order valence-electron chi connectivity index (χ4n) is 3.33. The first-order chi connectivity index (χ1) is 10.8. The van der Waals surface area contributed by atoms with Gasteiger partial charge >= 0.3 is 5.97 Å². The predicted molar refractivity (Wildman–Crippen MR) is 89.8 cm³/mol. The number of benzene rings is 2. The van der Waals surface area contributed by atoms with Gasteiger partial charge in [0.25, 0.3) is 0 Å². The molecule has 0 amide bonds. The molecule has 0 bridgehead atoms. The Morgan fingerprint density at radius 2 is 1.82 bits per heavy atom. The van der Waals surface area contributed by atoms with Gasteiger partial charge in [-0.1, -0.05) is 62.2 Å². The van der Waals surface area contributed by atoms with Crippen LogP contribution < -0.4 is 0 Å². The first-order valence-corrected chi connectivity index (χ1v) is 8.46. The molecule has 0 radical (unpaired) electrons. The van der Waals surface area contributed by atoms with Gasteiger partial charge in [0, 0.05) is 0 Å². The number of carbonyl (C=O) groups excluding carboxylic acids is 1. The summed E-state index contributed by atoms with van der Waals surface area (Å²) in [5, 5.41) is 2.61. The third kappa shape index (κ3) is 3.32. The molecule has 1 fully saturated rings. The first kappa shape index (κ1) is 15.1. The number of fused-ring (bicyclic) bond motifs is 1. The lowest BCUT2D eigenvalue weighted by molar-refractivity contribution is -0.186. The van der Waals surface area contributed by atoms with Crippen molar-refractivity contribution in [3.05, 3.63) is 48.0 Å². The van der Waals surface area contributed by atoms with Gasteiger partial charge in [-0.15, -0.1) is 0 Å². The fraction of sp³-hybridized carbons (Fsp3) is 0.450. The van der Waals surface area contributed by atoms with Crippen molar-refractivity contribution in [2.75, 3.05) is 0 Å². The summed E-state index contributed by atoms with van der Waals surface area (Å²) in [4.78, 5) is 11.5. The lowest BCUT2D eigenvalue weighted by Gasteiger charge is -2.35. The van der Waals surface area contributed by atoms with Crippen LogP contribution in [0.25, 0.3) is 10.8 Å². The summed E-state index contributed by atoms with van der Waals surface area (Å²) >= 11 is 0. The van der Waals surface area contributed by atoms with E-state index in [-0.39, 0.29) is 18.0 Å². The largest absolute Gasteiger partial charge is 0.461 e. The molecular weight excluding hydrogens is 272 g/mol. The molecule has 1 aliphatic rings. The topological polar surface area (TPSA) is 26.3 Å². The molecule has 0 N–H and O–H groups in total. The van der Waals surface area contributed by atoms with Crippen LogP contribution in [0.4, 0.5) is 0 Å². The average molecular weight is 296 g/mol. The van der Waals surface area contributed by atoms with Crippen molar-refractivity contribution >= 4 is 16.7 Å². The van der Waals surface area contributed by atoms with Gasteiger partial charge in [0.15, 0.2) is 0 Å². The van der Waals surface area contributed by atoms with Crippen molar-refractivity contribution in [1.29, 1.82) is 0 Å². The zero-order valence-electron chi connectivity index (χ0n) is 13.3. The van der Waals surface area contributed by atoms with E-state index in [1.54, 1.807) is 0 Å². The summed E-state index contributed by atoms with van der Waals surface area (Å²) in [5.74, 6) is 0.181. The van der Waals surface area contributed by atoms with Crippen LogP contribution in [0.1, 0.15) is 44.6 Å². The maximum Gasteiger partial charge on any atom is 0.313 e. The highest BCUT2D eigenvalue weighted by Crippen LogP contribution is 2.30. The van der Waals surface area contributed by atoms with Crippen LogP contribution in [0.15, 0.2) is 42.5 Å². The van der Waals surface area contributed by atoms with E-state index < -0.39 is 0 Å². The molecule has 0 aliphatic carbocycles. The Labute approximate surface area is 132 Å². The first-order valence-electron chi connectivity index (χ1n) is 8.46. The number of aryl methyl sites for hydroxylation is 1. The van der Waals surface area contributed by atoms with Gasteiger partial charge in [-0.25, -0.2) is 0 Å². The highest BCUT2D eigenvalue weighted by atomic mass is 16.6. The van der Waals surface area contributed by atoms with Gasteiger partial charge in [-0.05, 0) is 42.0 Å². The molecule has 1 saturated heterocycles. The molecule has 2 nitrogen and oxygen atoms in total. The maximum absolute atomic E-state index is 11.5. The van der Waals surface area contributed by atoms with E-state index in [0.717, 1.165) is 38.5 Å². The smallest absolute Gasteiger partial charge is 0.313 e. The Balaban J connectivity index is 1.47. The molecule has 0 aromatic heterocycles. The Bertz CT molecular complexity index is 647. The second kappa shape index (κ2) is 6.95. The third-order valence-electron chi connectivity index (χ3n) is 4.64. The van der Waals surface area contributed by atoms with Crippen molar-refractivity contribution < 1.29 is 9.53 Å². The summed E-state index contributed by atoms with van der Waals surface area (Å²) in [6, 6.07) is 15.2. The quantitative estimate of drug-likeness (QED) is 0.537. The van der Waals surface area contributed by atoms with Crippen LogP contribution in [0.5, 0.6) is 0 Å². The fourth-order valence-corrected chi connectivity index (χ4v) is 3.33. The van der Waals surface area contributed by atoms with Crippen LogP contribution in [0.2, 0.25) is 0 Å². The zero-order valence-corrected chi connectivity index (χ0v) is 13.3. The Morgan fingerprint density at radius 1 is 1.00 bits per heavy atom. The summed E-state index contributed by atoms with van der Waals surface area (Å²) in [5.41, 5.74) is 1.39. The van der Waals surface area contributed by atoms with E-state index in [9.17, 15) is 4.79 Å². The number of hydrogen-bond acceptors (Lipinski definition) is 2. The van der Waals surface area contributed by atoms with Crippen LogP contribution in [0, 0.1) is 5.92 Å². The van der Waals surface area contributed by atoms with Crippen LogP contribution in [-0.4, -0.2) is 12.1 Å². The summed E-state index contributed by atoms with van der Waals surface area (Å²) in [6.07, 6.45) is 6.61. The Morgan fingerprint density at radius 3 is 2.59 bits per heavy atom. The monoisotopic (exact) mass is 296 g/mol. The molecule has 1 heterocycles. The molecule has 2 aromatic carbocycles. The lowest BCUT2D eigenvalue weighted by Crippen LogP contribution is -2.44. The highest BCUT2D eigenvalue weighted by molar-refractivity contribution is 5.83. The van der Waals surface area contributed by atoms with Crippen molar-refractivity contribution in [2.45, 2.75) is 51.6 Å². The SMILES string of the molecule is CCC[C@H]1OC(=O)[C@@H]1CCCCc1ccc2ccccc2c1. The second-order valence-electron chi connectivity index (χ2n) is 6.30. The van der Waals surface area contributed by atoms with Gasteiger partial charge in [0.1, 0.15) is 6.10 Å². The van der Waals surface area contributed by atoms with Gasteiger partial charge in [0.2, 0.25) is 0 Å². The molecule has 116 valence electrons. The summed E-state index contributed by atoms with van der Waals surface area (Å²) in [6.45, 7) is 2.14. The maximum atomic E-state index is 11.5. The molecule has 22 heavy (non-hydrogen) atoms. The van der Waals surface area contributed by atoms with Gasteiger partial charge in [-0.2, -0.15) is 0 Å².